The maximum atomic E-state index is 12.8. The lowest BCUT2D eigenvalue weighted by atomic mass is 10.3. The first kappa shape index (κ1) is 29.4. The van der Waals surface area contributed by atoms with Crippen molar-refractivity contribution in [3.05, 3.63) is 105 Å². The third-order valence-electron chi connectivity index (χ3n) is 5.21. The van der Waals surface area contributed by atoms with Crippen molar-refractivity contribution in [3.63, 3.8) is 0 Å². The van der Waals surface area contributed by atoms with Crippen LogP contribution in [0, 0.1) is 10.1 Å². The maximum absolute atomic E-state index is 12.8. The van der Waals surface area contributed by atoms with Gasteiger partial charge in [-0.3, -0.25) is 10.1 Å². The van der Waals surface area contributed by atoms with Gasteiger partial charge in [0.2, 0.25) is 5.88 Å². The molecule has 9 nitrogen and oxygen atoms in total. The number of halogens is 5. The third kappa shape index (κ3) is 7.77. The lowest BCUT2D eigenvalue weighted by molar-refractivity contribution is -0.384. The lowest BCUT2D eigenvalue weighted by Gasteiger charge is -2.15. The van der Waals surface area contributed by atoms with Crippen molar-refractivity contribution >= 4 is 34.9 Å². The highest BCUT2D eigenvalue weighted by Crippen LogP contribution is 2.35. The van der Waals surface area contributed by atoms with Crippen LogP contribution in [-0.2, 0) is 11.0 Å². The van der Waals surface area contributed by atoms with Crippen molar-refractivity contribution in [2.24, 2.45) is 0 Å². The fraction of sp³-hybridized carbons (Fsp3) is 0.111. The van der Waals surface area contributed by atoms with Crippen LogP contribution >= 0.6 is 23.2 Å². The third-order valence-corrected chi connectivity index (χ3v) is 5.79. The molecule has 0 spiro atoms. The first-order chi connectivity index (χ1) is 19.4. The van der Waals surface area contributed by atoms with Crippen LogP contribution in [0.25, 0.3) is 0 Å². The number of carbonyl (C=O) groups excluding carboxylic acids is 1. The lowest BCUT2D eigenvalue weighted by Crippen LogP contribution is -2.28. The number of esters is 1. The van der Waals surface area contributed by atoms with E-state index in [1.165, 1.54) is 73.7 Å². The van der Waals surface area contributed by atoms with Gasteiger partial charge in [0.05, 0.1) is 10.5 Å². The van der Waals surface area contributed by atoms with Crippen molar-refractivity contribution < 1.29 is 41.8 Å². The number of carbonyl (C=O) groups is 1. The minimum atomic E-state index is -4.59. The molecule has 0 aliphatic rings. The van der Waals surface area contributed by atoms with Crippen LogP contribution < -0.4 is 18.9 Å². The van der Waals surface area contributed by atoms with Gasteiger partial charge in [0.1, 0.15) is 38.8 Å². The van der Waals surface area contributed by atoms with Gasteiger partial charge in [-0.1, -0.05) is 23.2 Å². The Balaban J connectivity index is 1.30. The molecule has 4 aromatic rings. The van der Waals surface area contributed by atoms with E-state index >= 15 is 0 Å². The first-order valence-corrected chi connectivity index (χ1v) is 12.3. The van der Waals surface area contributed by atoms with Gasteiger partial charge >= 0.3 is 12.1 Å². The topological polar surface area (TPSA) is 110 Å². The summed E-state index contributed by atoms with van der Waals surface area (Å²) in [4.78, 5) is 26.4. The second-order valence-corrected chi connectivity index (χ2v) is 9.02. The van der Waals surface area contributed by atoms with E-state index in [9.17, 15) is 28.1 Å². The number of rotatable bonds is 9. The molecule has 1 heterocycles. The normalized spacial score (nSPS) is 11.9. The molecule has 0 N–H and O–H groups in total. The number of nitro groups is 1. The summed E-state index contributed by atoms with van der Waals surface area (Å²) >= 11 is 11.7. The Bertz CT molecular complexity index is 1570. The van der Waals surface area contributed by atoms with E-state index in [0.717, 1.165) is 0 Å². The van der Waals surface area contributed by atoms with E-state index in [4.69, 9.17) is 42.1 Å². The predicted octanol–water partition coefficient (Wildman–Crippen LogP) is 8.27. The number of hydrogen-bond acceptors (Lipinski definition) is 8. The Labute approximate surface area is 240 Å². The largest absolute Gasteiger partial charge is 0.479 e. The highest BCUT2D eigenvalue weighted by atomic mass is 35.5. The van der Waals surface area contributed by atoms with Crippen molar-refractivity contribution in [3.8, 4) is 34.6 Å². The van der Waals surface area contributed by atoms with E-state index in [-0.39, 0.29) is 38.9 Å². The molecule has 0 amide bonds. The zero-order valence-electron chi connectivity index (χ0n) is 20.7. The predicted molar refractivity (Wildman–Crippen MR) is 141 cm³/mol. The number of nitro benzene ring substituents is 1. The van der Waals surface area contributed by atoms with Crippen molar-refractivity contribution in [2.45, 2.75) is 19.2 Å². The van der Waals surface area contributed by atoms with E-state index in [0.29, 0.717) is 23.8 Å². The Morgan fingerprint density at radius 1 is 0.854 bits per heavy atom. The highest BCUT2D eigenvalue weighted by Gasteiger charge is 2.32. The summed E-state index contributed by atoms with van der Waals surface area (Å²) < 4.78 is 60.3. The SMILES string of the molecule is CC(Oc1ccc(Oc2ncc(C(F)(F)F)cc2Cl)cc1)C(=O)Oc1ccc(Oc2ccc([N+](=O)[O-])c(Cl)c2)cc1. The molecular formula is C27H17Cl2F3N2O7. The number of aromatic nitrogens is 1. The molecule has 0 bridgehead atoms. The van der Waals surface area contributed by atoms with Gasteiger partial charge in [-0.25, -0.2) is 9.78 Å². The van der Waals surface area contributed by atoms with Crippen molar-refractivity contribution in [1.82, 2.24) is 4.98 Å². The number of nitrogens with zero attached hydrogens (tertiary/aromatic N) is 2. The fourth-order valence-electron chi connectivity index (χ4n) is 3.22. The molecule has 1 unspecified atom stereocenters. The zero-order chi connectivity index (χ0) is 29.7. The molecule has 0 radical (unpaired) electrons. The smallest absolute Gasteiger partial charge is 0.417 e. The Hall–Kier alpha value is -4.55. The molecule has 41 heavy (non-hydrogen) atoms. The van der Waals surface area contributed by atoms with Crippen LogP contribution in [0.1, 0.15) is 12.5 Å². The second kappa shape index (κ2) is 12.3. The number of hydrogen-bond donors (Lipinski definition) is 0. The summed E-state index contributed by atoms with van der Waals surface area (Å²) in [6.07, 6.45) is -4.98. The monoisotopic (exact) mass is 608 g/mol. The summed E-state index contributed by atoms with van der Waals surface area (Å²) in [6, 6.07) is 16.6. The van der Waals surface area contributed by atoms with Crippen LogP contribution in [0.4, 0.5) is 18.9 Å². The van der Waals surface area contributed by atoms with Gasteiger partial charge in [0.15, 0.2) is 6.10 Å². The van der Waals surface area contributed by atoms with E-state index < -0.39 is 28.7 Å². The molecule has 0 fully saturated rings. The summed E-state index contributed by atoms with van der Waals surface area (Å²) in [7, 11) is 0. The molecule has 0 aliphatic carbocycles. The van der Waals surface area contributed by atoms with Crippen LogP contribution in [0.3, 0.4) is 0 Å². The van der Waals surface area contributed by atoms with Gasteiger partial charge in [-0.15, -0.1) is 0 Å². The minimum absolute atomic E-state index is 0.0743. The number of pyridine rings is 1. The van der Waals surface area contributed by atoms with Gasteiger partial charge in [0.25, 0.3) is 5.69 Å². The summed E-state index contributed by atoms with van der Waals surface area (Å²) in [5.74, 6) is 0.472. The summed E-state index contributed by atoms with van der Waals surface area (Å²) in [5.41, 5.74) is -1.25. The van der Waals surface area contributed by atoms with E-state index in [1.807, 2.05) is 0 Å². The van der Waals surface area contributed by atoms with Crippen LogP contribution in [0.15, 0.2) is 79.0 Å². The second-order valence-electron chi connectivity index (χ2n) is 8.21. The minimum Gasteiger partial charge on any atom is -0.479 e. The summed E-state index contributed by atoms with van der Waals surface area (Å²) in [5, 5.41) is 10.5. The van der Waals surface area contributed by atoms with E-state index in [1.54, 1.807) is 0 Å². The standard InChI is InChI=1S/C27H17Cl2F3N2O7/c1-15(38-17-2-6-19(7-3-17)40-25-23(29)12-16(14-33-25)27(30,31)32)26(35)41-20-8-4-18(5-9-20)39-21-10-11-24(34(36)37)22(28)13-21/h2-15H,1H3. The molecule has 4 rings (SSSR count). The van der Waals surface area contributed by atoms with E-state index in [2.05, 4.69) is 4.98 Å². The molecular weight excluding hydrogens is 592 g/mol. The van der Waals surface area contributed by atoms with Gasteiger partial charge in [-0.2, -0.15) is 13.2 Å². The van der Waals surface area contributed by atoms with Crippen molar-refractivity contribution in [1.29, 1.82) is 0 Å². The quantitative estimate of drug-likeness (QED) is 0.0807. The number of alkyl halides is 3. The molecule has 0 aliphatic heterocycles. The number of benzene rings is 3. The maximum Gasteiger partial charge on any atom is 0.417 e. The Kier molecular flexibility index (Phi) is 8.84. The summed E-state index contributed by atoms with van der Waals surface area (Å²) in [6.45, 7) is 1.48. The molecule has 14 heteroatoms. The zero-order valence-corrected chi connectivity index (χ0v) is 22.2. The van der Waals surface area contributed by atoms with Gasteiger partial charge in [0, 0.05) is 18.3 Å². The Morgan fingerprint density at radius 2 is 1.41 bits per heavy atom. The van der Waals surface area contributed by atoms with Gasteiger partial charge < -0.3 is 18.9 Å². The molecule has 3 aromatic carbocycles. The fourth-order valence-corrected chi connectivity index (χ4v) is 3.66. The molecule has 1 aromatic heterocycles. The van der Waals surface area contributed by atoms with Crippen molar-refractivity contribution in [2.75, 3.05) is 0 Å². The molecule has 212 valence electrons. The van der Waals surface area contributed by atoms with Crippen LogP contribution in [0.2, 0.25) is 10.0 Å². The Morgan fingerprint density at radius 3 is 1.98 bits per heavy atom. The van der Waals surface area contributed by atoms with Crippen LogP contribution in [0.5, 0.6) is 34.6 Å². The number of ether oxygens (including phenoxy) is 4. The first-order valence-electron chi connectivity index (χ1n) is 11.5. The molecule has 1 atom stereocenters. The molecule has 0 saturated heterocycles. The average Bonchev–Trinajstić information content (AvgIpc) is 2.91. The highest BCUT2D eigenvalue weighted by molar-refractivity contribution is 6.32. The average molecular weight is 609 g/mol. The molecule has 0 saturated carbocycles. The van der Waals surface area contributed by atoms with Crippen LogP contribution in [-0.4, -0.2) is 22.0 Å². The van der Waals surface area contributed by atoms with Gasteiger partial charge in [-0.05, 0) is 67.6 Å².